The Bertz CT molecular complexity index is 580. The van der Waals surface area contributed by atoms with Gasteiger partial charge in [0.2, 0.25) is 5.91 Å². The maximum atomic E-state index is 12.6. The summed E-state index contributed by atoms with van der Waals surface area (Å²) in [6.07, 6.45) is 1.58. The summed E-state index contributed by atoms with van der Waals surface area (Å²) >= 11 is 1.21. The van der Waals surface area contributed by atoms with Crippen LogP contribution in [-0.2, 0) is 14.8 Å². The standard InChI is InChI=1S/C13H20N2O3S2/c1-3-6-14-7-4-8-15(10-12(14)16)20(17,18)13-11(2)5-9-19-13/h5,9H,3-4,6-8,10H2,1-2H3. The van der Waals surface area contributed by atoms with Gasteiger partial charge in [0.25, 0.3) is 10.0 Å². The number of aryl methyl sites for hydroxylation is 1. The third kappa shape index (κ3) is 3.05. The molecular weight excluding hydrogens is 296 g/mol. The first-order valence-electron chi connectivity index (χ1n) is 6.79. The number of amides is 1. The number of carbonyl (C=O) groups excluding carboxylic acids is 1. The molecule has 1 aromatic rings. The lowest BCUT2D eigenvalue weighted by atomic mass is 10.3. The van der Waals surface area contributed by atoms with Gasteiger partial charge in [0.15, 0.2) is 0 Å². The predicted molar refractivity (Wildman–Crippen MR) is 79.3 cm³/mol. The molecule has 0 saturated carbocycles. The lowest BCUT2D eigenvalue weighted by Gasteiger charge is -2.21. The first kappa shape index (κ1) is 15.5. The molecule has 2 rings (SSSR count). The molecule has 1 saturated heterocycles. The lowest BCUT2D eigenvalue weighted by molar-refractivity contribution is -0.130. The van der Waals surface area contributed by atoms with Gasteiger partial charge in [-0.05, 0) is 36.8 Å². The molecule has 0 bridgehead atoms. The molecule has 1 aliphatic heterocycles. The number of nitrogens with zero attached hydrogens (tertiary/aromatic N) is 2. The molecular formula is C13H20N2O3S2. The molecule has 0 unspecified atom stereocenters. The van der Waals surface area contributed by atoms with E-state index in [4.69, 9.17) is 0 Å². The number of hydrogen-bond donors (Lipinski definition) is 0. The van der Waals surface area contributed by atoms with Crippen LogP contribution in [0.1, 0.15) is 25.3 Å². The second kappa shape index (κ2) is 6.24. The molecule has 7 heteroatoms. The van der Waals surface area contributed by atoms with Gasteiger partial charge in [-0.2, -0.15) is 4.31 Å². The summed E-state index contributed by atoms with van der Waals surface area (Å²) in [4.78, 5) is 13.9. The molecule has 0 aromatic carbocycles. The summed E-state index contributed by atoms with van der Waals surface area (Å²) in [5.41, 5.74) is 0.747. The van der Waals surface area contributed by atoms with Crippen molar-refractivity contribution in [2.45, 2.75) is 30.9 Å². The van der Waals surface area contributed by atoms with E-state index in [0.717, 1.165) is 12.0 Å². The minimum Gasteiger partial charge on any atom is -0.342 e. The molecule has 20 heavy (non-hydrogen) atoms. The fraction of sp³-hybridized carbons (Fsp3) is 0.615. The third-order valence-electron chi connectivity index (χ3n) is 3.38. The number of sulfonamides is 1. The van der Waals surface area contributed by atoms with Gasteiger partial charge in [-0.3, -0.25) is 4.79 Å². The van der Waals surface area contributed by atoms with Crippen molar-refractivity contribution in [1.82, 2.24) is 9.21 Å². The molecule has 0 atom stereocenters. The van der Waals surface area contributed by atoms with E-state index in [9.17, 15) is 13.2 Å². The molecule has 0 spiro atoms. The molecule has 5 nitrogen and oxygen atoms in total. The van der Waals surface area contributed by atoms with Gasteiger partial charge in [0.1, 0.15) is 4.21 Å². The van der Waals surface area contributed by atoms with E-state index >= 15 is 0 Å². The highest BCUT2D eigenvalue weighted by atomic mass is 32.2. The van der Waals surface area contributed by atoms with Crippen LogP contribution in [0, 0.1) is 6.92 Å². The third-order valence-corrected chi connectivity index (χ3v) is 6.89. The van der Waals surface area contributed by atoms with Gasteiger partial charge in [-0.1, -0.05) is 6.92 Å². The summed E-state index contributed by atoms with van der Waals surface area (Å²) in [6.45, 7) is 5.51. The minimum atomic E-state index is -3.54. The van der Waals surface area contributed by atoms with Crippen molar-refractivity contribution in [3.8, 4) is 0 Å². The zero-order valence-electron chi connectivity index (χ0n) is 11.8. The average Bonchev–Trinajstić information content (AvgIpc) is 2.74. The summed E-state index contributed by atoms with van der Waals surface area (Å²) in [6, 6.07) is 1.79. The van der Waals surface area contributed by atoms with Crippen molar-refractivity contribution in [3.05, 3.63) is 17.0 Å². The van der Waals surface area contributed by atoms with Crippen molar-refractivity contribution >= 4 is 27.3 Å². The van der Waals surface area contributed by atoms with Crippen LogP contribution >= 0.6 is 11.3 Å². The molecule has 0 N–H and O–H groups in total. The fourth-order valence-electron chi connectivity index (χ4n) is 2.34. The molecule has 2 heterocycles. The normalized spacial score (nSPS) is 18.3. The van der Waals surface area contributed by atoms with Gasteiger partial charge in [-0.25, -0.2) is 8.42 Å². The summed E-state index contributed by atoms with van der Waals surface area (Å²) < 4.78 is 26.9. The van der Waals surface area contributed by atoms with Crippen LogP contribution in [0.15, 0.2) is 15.7 Å². The topological polar surface area (TPSA) is 57.7 Å². The highest BCUT2D eigenvalue weighted by Gasteiger charge is 2.32. The average molecular weight is 316 g/mol. The summed E-state index contributed by atoms with van der Waals surface area (Å²) in [5, 5.41) is 1.77. The number of carbonyl (C=O) groups is 1. The number of rotatable bonds is 4. The quantitative estimate of drug-likeness (QED) is 0.849. The smallest absolute Gasteiger partial charge is 0.253 e. The Labute approximate surface area is 124 Å². The van der Waals surface area contributed by atoms with Crippen LogP contribution in [-0.4, -0.2) is 49.7 Å². The van der Waals surface area contributed by atoms with E-state index in [-0.39, 0.29) is 12.5 Å². The van der Waals surface area contributed by atoms with E-state index in [1.165, 1.54) is 15.6 Å². The first-order chi connectivity index (χ1) is 9.46. The Kier molecular flexibility index (Phi) is 4.82. The zero-order chi connectivity index (χ0) is 14.8. The van der Waals surface area contributed by atoms with E-state index < -0.39 is 10.0 Å². The van der Waals surface area contributed by atoms with Crippen molar-refractivity contribution in [1.29, 1.82) is 0 Å². The van der Waals surface area contributed by atoms with Crippen molar-refractivity contribution in [2.75, 3.05) is 26.2 Å². The van der Waals surface area contributed by atoms with Gasteiger partial charge in [0, 0.05) is 19.6 Å². The highest BCUT2D eigenvalue weighted by Crippen LogP contribution is 2.26. The van der Waals surface area contributed by atoms with Crippen LogP contribution in [0.3, 0.4) is 0 Å². The summed E-state index contributed by atoms with van der Waals surface area (Å²) in [5.74, 6) is -0.0952. The molecule has 1 fully saturated rings. The molecule has 0 aliphatic carbocycles. The van der Waals surface area contributed by atoms with E-state index in [1.54, 1.807) is 23.3 Å². The van der Waals surface area contributed by atoms with Gasteiger partial charge in [-0.15, -0.1) is 11.3 Å². The summed E-state index contributed by atoms with van der Waals surface area (Å²) in [7, 11) is -3.54. The molecule has 1 amide bonds. The van der Waals surface area contributed by atoms with E-state index in [1.807, 2.05) is 6.92 Å². The second-order valence-electron chi connectivity index (χ2n) is 4.96. The van der Waals surface area contributed by atoms with Crippen LogP contribution in [0.5, 0.6) is 0 Å². The Hall–Kier alpha value is -0.920. The van der Waals surface area contributed by atoms with Crippen LogP contribution < -0.4 is 0 Å². The molecule has 112 valence electrons. The zero-order valence-corrected chi connectivity index (χ0v) is 13.5. The van der Waals surface area contributed by atoms with E-state index in [2.05, 4.69) is 0 Å². The maximum absolute atomic E-state index is 12.6. The Morgan fingerprint density at radius 1 is 1.35 bits per heavy atom. The number of thiophene rings is 1. The fourth-order valence-corrected chi connectivity index (χ4v) is 5.32. The van der Waals surface area contributed by atoms with Gasteiger partial charge >= 0.3 is 0 Å². The van der Waals surface area contributed by atoms with Crippen LogP contribution in [0.25, 0.3) is 0 Å². The lowest BCUT2D eigenvalue weighted by Crippen LogP contribution is -2.39. The van der Waals surface area contributed by atoms with Crippen LogP contribution in [0.2, 0.25) is 0 Å². The second-order valence-corrected chi connectivity index (χ2v) is 8.01. The van der Waals surface area contributed by atoms with Crippen LogP contribution in [0.4, 0.5) is 0 Å². The molecule has 0 radical (unpaired) electrons. The highest BCUT2D eigenvalue weighted by molar-refractivity contribution is 7.91. The Balaban J connectivity index is 2.21. The van der Waals surface area contributed by atoms with Gasteiger partial charge < -0.3 is 4.90 Å². The predicted octanol–water partition coefficient (Wildman–Crippen LogP) is 1.69. The SMILES string of the molecule is CCCN1CCCN(S(=O)(=O)c2sccc2C)CC1=O. The monoisotopic (exact) mass is 316 g/mol. The first-order valence-corrected chi connectivity index (χ1v) is 9.10. The van der Waals surface area contributed by atoms with Crippen molar-refractivity contribution in [2.24, 2.45) is 0 Å². The maximum Gasteiger partial charge on any atom is 0.253 e. The van der Waals surface area contributed by atoms with Gasteiger partial charge in [0.05, 0.1) is 6.54 Å². The largest absolute Gasteiger partial charge is 0.342 e. The minimum absolute atomic E-state index is 0.0420. The van der Waals surface area contributed by atoms with E-state index in [0.29, 0.717) is 30.3 Å². The Morgan fingerprint density at radius 2 is 2.10 bits per heavy atom. The number of hydrogen-bond acceptors (Lipinski definition) is 4. The van der Waals surface area contributed by atoms with Crippen molar-refractivity contribution < 1.29 is 13.2 Å². The molecule has 1 aromatic heterocycles. The van der Waals surface area contributed by atoms with Crippen molar-refractivity contribution in [3.63, 3.8) is 0 Å². The molecule has 1 aliphatic rings. The Morgan fingerprint density at radius 3 is 2.70 bits per heavy atom.